The lowest BCUT2D eigenvalue weighted by Crippen LogP contribution is -2.22. The molecule has 6 nitrogen and oxygen atoms in total. The van der Waals surface area contributed by atoms with Gasteiger partial charge in [0, 0.05) is 11.5 Å². The van der Waals surface area contributed by atoms with Gasteiger partial charge in [0.1, 0.15) is 11.5 Å². The third kappa shape index (κ3) is 3.35. The number of methoxy groups -OCH3 is 1. The van der Waals surface area contributed by atoms with Crippen molar-refractivity contribution in [1.82, 2.24) is 5.43 Å². The van der Waals surface area contributed by atoms with E-state index in [0.717, 1.165) is 18.4 Å². The van der Waals surface area contributed by atoms with Crippen LogP contribution in [0.4, 0.5) is 0 Å². The molecule has 0 saturated heterocycles. The molecule has 146 valence electrons. The lowest BCUT2D eigenvalue weighted by Gasteiger charge is -2.15. The highest BCUT2D eigenvalue weighted by molar-refractivity contribution is 5.91. The Kier molecular flexibility index (Phi) is 4.79. The van der Waals surface area contributed by atoms with Crippen LogP contribution in [0, 0.1) is 17.3 Å². The Balaban J connectivity index is 1.39. The highest BCUT2D eigenvalue weighted by Gasteiger charge is 2.64. The van der Waals surface area contributed by atoms with Gasteiger partial charge in [0.2, 0.25) is 5.91 Å². The minimum atomic E-state index is -0.396. The Hall–Kier alpha value is -2.89. The molecule has 0 unspecified atom stereocenters. The van der Waals surface area contributed by atoms with Gasteiger partial charge >= 0.3 is 5.97 Å². The number of nitrogens with one attached hydrogen (secondary N) is 1. The number of rotatable bonds is 5. The van der Waals surface area contributed by atoms with E-state index < -0.39 is 5.97 Å². The highest BCUT2D eigenvalue weighted by Crippen LogP contribution is 2.66. The Bertz CT molecular complexity index is 932. The van der Waals surface area contributed by atoms with Crippen LogP contribution in [-0.4, -0.2) is 25.2 Å². The fourth-order valence-corrected chi connectivity index (χ4v) is 4.57. The predicted molar refractivity (Wildman–Crippen MR) is 105 cm³/mol. The maximum Gasteiger partial charge on any atom is 0.337 e. The van der Waals surface area contributed by atoms with Crippen molar-refractivity contribution in [3.8, 4) is 11.3 Å². The number of amides is 1. The van der Waals surface area contributed by atoms with Gasteiger partial charge in [-0.25, -0.2) is 10.2 Å². The fraction of sp³-hybridized carbons (Fsp3) is 0.409. The monoisotopic (exact) mass is 380 g/mol. The molecule has 0 radical (unpaired) electrons. The van der Waals surface area contributed by atoms with Gasteiger partial charge < -0.3 is 9.15 Å². The van der Waals surface area contributed by atoms with Crippen LogP contribution < -0.4 is 5.43 Å². The Labute approximate surface area is 164 Å². The van der Waals surface area contributed by atoms with E-state index in [2.05, 4.69) is 17.5 Å². The van der Waals surface area contributed by atoms with E-state index in [-0.39, 0.29) is 17.2 Å². The summed E-state index contributed by atoms with van der Waals surface area (Å²) in [5.74, 6) is 1.34. The summed E-state index contributed by atoms with van der Waals surface area (Å²) >= 11 is 0. The van der Waals surface area contributed by atoms with Gasteiger partial charge in [-0.1, -0.05) is 31.9 Å². The summed E-state index contributed by atoms with van der Waals surface area (Å²) in [6, 6.07) is 10.6. The Morgan fingerprint density at radius 2 is 2.14 bits per heavy atom. The number of ether oxygens (including phenoxy) is 1. The second-order valence-corrected chi connectivity index (χ2v) is 7.84. The highest BCUT2D eigenvalue weighted by atomic mass is 16.5. The molecule has 4 rings (SSSR count). The van der Waals surface area contributed by atoms with Crippen LogP contribution in [0.25, 0.3) is 11.3 Å². The molecular weight excluding hydrogens is 356 g/mol. The van der Waals surface area contributed by atoms with E-state index in [9.17, 15) is 9.59 Å². The van der Waals surface area contributed by atoms with Crippen LogP contribution >= 0.6 is 0 Å². The molecule has 3 atom stereocenters. The Morgan fingerprint density at radius 1 is 1.29 bits per heavy atom. The molecule has 0 aliphatic heterocycles. The van der Waals surface area contributed by atoms with E-state index in [1.54, 1.807) is 30.3 Å². The number of hydrazone groups is 1. The zero-order valence-corrected chi connectivity index (χ0v) is 16.1. The minimum Gasteiger partial charge on any atom is -0.465 e. The van der Waals surface area contributed by atoms with Crippen LogP contribution in [0.5, 0.6) is 0 Å². The Morgan fingerprint density at radius 3 is 2.89 bits per heavy atom. The van der Waals surface area contributed by atoms with Crippen molar-refractivity contribution < 1.29 is 18.7 Å². The molecule has 0 bridgehead atoms. The summed E-state index contributed by atoms with van der Waals surface area (Å²) in [5, 5.41) is 4.07. The number of hydrogen-bond acceptors (Lipinski definition) is 5. The summed E-state index contributed by atoms with van der Waals surface area (Å²) in [6.07, 6.45) is 6.21. The summed E-state index contributed by atoms with van der Waals surface area (Å²) in [5.41, 5.74) is 4.05. The molecule has 2 aliphatic carbocycles. The average Bonchev–Trinajstić information content (AvgIpc) is 3.07. The van der Waals surface area contributed by atoms with Crippen LogP contribution in [-0.2, 0) is 9.53 Å². The molecule has 1 aromatic carbocycles. The third-order valence-electron chi connectivity index (χ3n) is 6.18. The van der Waals surface area contributed by atoms with Gasteiger partial charge in [-0.3, -0.25) is 4.79 Å². The number of fused-ring (bicyclic) bond motifs is 1. The zero-order chi connectivity index (χ0) is 19.7. The lowest BCUT2D eigenvalue weighted by molar-refractivity contribution is -0.123. The van der Waals surface area contributed by atoms with E-state index in [1.165, 1.54) is 26.2 Å². The van der Waals surface area contributed by atoms with Crippen molar-refractivity contribution in [2.45, 2.75) is 32.6 Å². The number of hydrogen-bond donors (Lipinski definition) is 1. The topological polar surface area (TPSA) is 80.9 Å². The maximum absolute atomic E-state index is 12.4. The molecule has 2 aliphatic rings. The first kappa shape index (κ1) is 18.5. The second kappa shape index (κ2) is 7.26. The van der Waals surface area contributed by atoms with Gasteiger partial charge in [0.15, 0.2) is 0 Å². The smallest absolute Gasteiger partial charge is 0.337 e. The average molecular weight is 380 g/mol. The maximum atomic E-state index is 12.4. The van der Waals surface area contributed by atoms with Crippen molar-refractivity contribution in [2.75, 3.05) is 7.11 Å². The van der Waals surface area contributed by atoms with Crippen molar-refractivity contribution >= 4 is 18.1 Å². The van der Waals surface area contributed by atoms with E-state index in [4.69, 9.17) is 9.15 Å². The van der Waals surface area contributed by atoms with Crippen molar-refractivity contribution in [3.05, 3.63) is 47.7 Å². The molecule has 1 N–H and O–H groups in total. The second-order valence-electron chi connectivity index (χ2n) is 7.84. The number of esters is 1. The number of benzene rings is 1. The summed E-state index contributed by atoms with van der Waals surface area (Å²) in [6.45, 7) is 2.21. The van der Waals surface area contributed by atoms with Gasteiger partial charge in [0.25, 0.3) is 0 Å². The molecule has 2 saturated carbocycles. The molecule has 0 spiro atoms. The summed E-state index contributed by atoms with van der Waals surface area (Å²) in [4.78, 5) is 24.1. The molecule has 2 aromatic rings. The number of carbonyl (C=O) groups is 2. The zero-order valence-electron chi connectivity index (χ0n) is 16.1. The summed E-state index contributed by atoms with van der Waals surface area (Å²) in [7, 11) is 1.35. The van der Waals surface area contributed by atoms with E-state index in [1.807, 2.05) is 6.07 Å². The lowest BCUT2D eigenvalue weighted by atomic mass is 9.90. The van der Waals surface area contributed by atoms with Crippen molar-refractivity contribution in [3.63, 3.8) is 0 Å². The first-order valence-electron chi connectivity index (χ1n) is 9.64. The molecule has 1 heterocycles. The molecular formula is C22H24N2O4. The van der Waals surface area contributed by atoms with Crippen LogP contribution in [0.2, 0.25) is 0 Å². The van der Waals surface area contributed by atoms with Crippen molar-refractivity contribution in [2.24, 2.45) is 22.4 Å². The molecule has 6 heteroatoms. The first-order chi connectivity index (χ1) is 13.5. The molecule has 1 aromatic heterocycles. The van der Waals surface area contributed by atoms with Gasteiger partial charge in [-0.15, -0.1) is 0 Å². The van der Waals surface area contributed by atoms with Crippen LogP contribution in [0.1, 0.15) is 48.7 Å². The van der Waals surface area contributed by atoms with E-state index in [0.29, 0.717) is 23.0 Å². The fourth-order valence-electron chi connectivity index (χ4n) is 4.57. The standard InChI is InChI=1S/C22H24N2O4/c1-22-11-4-3-8-17(22)19(22)20(25)24-23-13-16-9-10-18(28-16)14-6-5-7-15(12-14)21(26)27-2/h5-7,9-10,12-13,17,19H,3-4,8,11H2,1-2H3,(H,24,25)/b23-13-/t17-,19-,22-/m1/s1. The SMILES string of the molecule is COC(=O)c1cccc(-c2ccc(/C=N\NC(=O)[C@H]3[C@H]4CCCC[C@]43C)o2)c1. The molecule has 2 fully saturated rings. The third-order valence-corrected chi connectivity index (χ3v) is 6.18. The number of carbonyl (C=O) groups excluding carboxylic acids is 2. The quantitative estimate of drug-likeness (QED) is 0.483. The van der Waals surface area contributed by atoms with Gasteiger partial charge in [-0.05, 0) is 48.4 Å². The number of furan rings is 1. The van der Waals surface area contributed by atoms with Gasteiger partial charge in [0.05, 0.1) is 18.9 Å². The van der Waals surface area contributed by atoms with Gasteiger partial charge in [-0.2, -0.15) is 5.10 Å². The van der Waals surface area contributed by atoms with Crippen LogP contribution in [0.3, 0.4) is 0 Å². The predicted octanol–water partition coefficient (Wildman–Crippen LogP) is 4.01. The normalized spacial score (nSPS) is 25.9. The summed E-state index contributed by atoms with van der Waals surface area (Å²) < 4.78 is 10.5. The number of nitrogens with zero attached hydrogens (tertiary/aromatic N) is 1. The molecule has 28 heavy (non-hydrogen) atoms. The van der Waals surface area contributed by atoms with E-state index >= 15 is 0 Å². The molecule has 1 amide bonds. The minimum absolute atomic E-state index is 0.00297. The first-order valence-corrected chi connectivity index (χ1v) is 9.64. The largest absolute Gasteiger partial charge is 0.465 e. The van der Waals surface area contributed by atoms with Crippen LogP contribution in [0.15, 0.2) is 45.9 Å². The van der Waals surface area contributed by atoms with Crippen molar-refractivity contribution in [1.29, 1.82) is 0 Å².